The Labute approximate surface area is 86.4 Å². The van der Waals surface area contributed by atoms with Gasteiger partial charge in [0.25, 0.3) is 0 Å². The van der Waals surface area contributed by atoms with Crippen LogP contribution in [0.2, 0.25) is 0 Å². The average Bonchev–Trinajstić information content (AvgIpc) is 2.78. The number of hydrogen-bond donors (Lipinski definition) is 2. The predicted octanol–water partition coefficient (Wildman–Crippen LogP) is 1.46. The van der Waals surface area contributed by atoms with Crippen molar-refractivity contribution in [1.82, 2.24) is 20.5 Å². The number of aromatic amines is 1. The van der Waals surface area contributed by atoms with Crippen LogP contribution in [0, 0.1) is 6.92 Å². The van der Waals surface area contributed by atoms with Crippen molar-refractivity contribution >= 4 is 11.3 Å². The molecule has 74 valence electrons. The molecule has 0 saturated carbocycles. The van der Waals surface area contributed by atoms with E-state index in [9.17, 15) is 0 Å². The summed E-state index contributed by atoms with van der Waals surface area (Å²) in [6.45, 7) is 3.75. The molecule has 0 fully saturated rings. The molecular formula is C9H12N4S. The van der Waals surface area contributed by atoms with Gasteiger partial charge in [-0.3, -0.25) is 5.10 Å². The van der Waals surface area contributed by atoms with Gasteiger partial charge in [0.05, 0.1) is 17.4 Å². The second kappa shape index (κ2) is 4.34. The van der Waals surface area contributed by atoms with Crippen molar-refractivity contribution in [2.45, 2.75) is 20.0 Å². The Morgan fingerprint density at radius 1 is 1.50 bits per heavy atom. The predicted molar refractivity (Wildman–Crippen MR) is 56.0 cm³/mol. The quantitative estimate of drug-likeness (QED) is 0.800. The van der Waals surface area contributed by atoms with Gasteiger partial charge >= 0.3 is 0 Å². The van der Waals surface area contributed by atoms with Crippen molar-refractivity contribution in [3.05, 3.63) is 34.0 Å². The fraction of sp³-hybridized carbons (Fsp3) is 0.333. The first kappa shape index (κ1) is 9.36. The van der Waals surface area contributed by atoms with Gasteiger partial charge in [-0.1, -0.05) is 0 Å². The van der Waals surface area contributed by atoms with E-state index in [2.05, 4.69) is 20.5 Å². The molecule has 2 heterocycles. The Morgan fingerprint density at radius 3 is 3.07 bits per heavy atom. The second-order valence-electron chi connectivity index (χ2n) is 3.07. The van der Waals surface area contributed by atoms with Crippen LogP contribution in [0.25, 0.3) is 0 Å². The second-order valence-corrected chi connectivity index (χ2v) is 4.01. The van der Waals surface area contributed by atoms with Crippen molar-refractivity contribution in [3.8, 4) is 0 Å². The van der Waals surface area contributed by atoms with Crippen LogP contribution in [-0.2, 0) is 13.1 Å². The van der Waals surface area contributed by atoms with Crippen molar-refractivity contribution < 1.29 is 0 Å². The van der Waals surface area contributed by atoms with Crippen LogP contribution >= 0.6 is 11.3 Å². The molecule has 0 amide bonds. The summed E-state index contributed by atoms with van der Waals surface area (Å²) in [7, 11) is 0. The normalized spacial score (nSPS) is 10.6. The third-order valence-corrected chi connectivity index (χ3v) is 2.95. The third kappa shape index (κ3) is 2.18. The fourth-order valence-electron chi connectivity index (χ4n) is 1.19. The third-order valence-electron chi connectivity index (χ3n) is 2.01. The minimum Gasteiger partial charge on any atom is -0.308 e. The lowest BCUT2D eigenvalue weighted by Gasteiger charge is -2.00. The van der Waals surface area contributed by atoms with Crippen LogP contribution < -0.4 is 5.32 Å². The maximum atomic E-state index is 4.19. The van der Waals surface area contributed by atoms with Gasteiger partial charge in [0, 0.05) is 29.7 Å². The van der Waals surface area contributed by atoms with Gasteiger partial charge in [0.1, 0.15) is 0 Å². The van der Waals surface area contributed by atoms with E-state index in [1.807, 2.05) is 24.8 Å². The lowest BCUT2D eigenvalue weighted by Crippen LogP contribution is -2.11. The van der Waals surface area contributed by atoms with Crippen molar-refractivity contribution in [2.24, 2.45) is 0 Å². The minimum absolute atomic E-state index is 0.841. The van der Waals surface area contributed by atoms with Gasteiger partial charge in [0.2, 0.25) is 0 Å². The van der Waals surface area contributed by atoms with E-state index in [0.717, 1.165) is 18.8 Å². The summed E-state index contributed by atoms with van der Waals surface area (Å²) in [5.41, 5.74) is 4.17. The molecule has 2 N–H and O–H groups in total. The molecule has 0 spiro atoms. The van der Waals surface area contributed by atoms with E-state index in [0.29, 0.717) is 0 Å². The first-order valence-electron chi connectivity index (χ1n) is 4.43. The smallest absolute Gasteiger partial charge is 0.0798 e. The molecule has 0 aliphatic heterocycles. The zero-order chi connectivity index (χ0) is 9.80. The van der Waals surface area contributed by atoms with Gasteiger partial charge in [-0.2, -0.15) is 5.10 Å². The molecule has 5 heteroatoms. The molecule has 0 unspecified atom stereocenters. The first-order chi connectivity index (χ1) is 6.86. The molecule has 2 rings (SSSR count). The highest BCUT2D eigenvalue weighted by Gasteiger charge is 2.00. The van der Waals surface area contributed by atoms with Gasteiger partial charge in [-0.25, -0.2) is 4.98 Å². The van der Waals surface area contributed by atoms with Crippen molar-refractivity contribution in [1.29, 1.82) is 0 Å². The zero-order valence-electron chi connectivity index (χ0n) is 7.95. The minimum atomic E-state index is 0.841. The van der Waals surface area contributed by atoms with Crippen LogP contribution in [-0.4, -0.2) is 15.2 Å². The first-order valence-corrected chi connectivity index (χ1v) is 5.31. The highest BCUT2D eigenvalue weighted by molar-refractivity contribution is 7.09. The van der Waals surface area contributed by atoms with Gasteiger partial charge in [0.15, 0.2) is 0 Å². The van der Waals surface area contributed by atoms with Gasteiger partial charge in [-0.15, -0.1) is 11.3 Å². The Hall–Kier alpha value is -1.20. The number of thiazole rings is 1. The summed E-state index contributed by atoms with van der Waals surface area (Å²) in [6, 6.07) is 0. The van der Waals surface area contributed by atoms with Crippen molar-refractivity contribution in [2.75, 3.05) is 0 Å². The van der Waals surface area contributed by atoms with Crippen LogP contribution in [0.5, 0.6) is 0 Å². The molecular weight excluding hydrogens is 196 g/mol. The summed E-state index contributed by atoms with van der Waals surface area (Å²) in [5, 5.41) is 10.0. The molecule has 0 radical (unpaired) electrons. The highest BCUT2D eigenvalue weighted by atomic mass is 32.1. The van der Waals surface area contributed by atoms with E-state index < -0.39 is 0 Å². The molecule has 0 aliphatic rings. The molecule has 2 aromatic heterocycles. The average molecular weight is 208 g/mol. The molecule has 2 aromatic rings. The number of H-pyrrole nitrogens is 1. The summed E-state index contributed by atoms with van der Waals surface area (Å²) in [6.07, 6.45) is 3.72. The Bertz CT molecular complexity index is 379. The maximum absolute atomic E-state index is 4.19. The van der Waals surface area contributed by atoms with Gasteiger partial charge in [-0.05, 0) is 6.92 Å². The summed E-state index contributed by atoms with van der Waals surface area (Å²) < 4.78 is 0. The highest BCUT2D eigenvalue weighted by Crippen LogP contribution is 2.11. The Morgan fingerprint density at radius 2 is 2.43 bits per heavy atom. The Kier molecular flexibility index (Phi) is 2.90. The van der Waals surface area contributed by atoms with Crippen LogP contribution in [0.15, 0.2) is 17.9 Å². The molecule has 0 saturated heterocycles. The largest absolute Gasteiger partial charge is 0.308 e. The number of nitrogens with one attached hydrogen (secondary N) is 2. The molecule has 4 nitrogen and oxygen atoms in total. The van der Waals surface area contributed by atoms with E-state index in [-0.39, 0.29) is 0 Å². The molecule has 0 atom stereocenters. The topological polar surface area (TPSA) is 53.6 Å². The zero-order valence-corrected chi connectivity index (χ0v) is 8.77. The fourth-order valence-corrected chi connectivity index (χ4v) is 1.94. The molecule has 0 aromatic carbocycles. The number of nitrogens with zero attached hydrogens (tertiary/aromatic N) is 2. The molecule has 0 aliphatic carbocycles. The number of aromatic nitrogens is 3. The van der Waals surface area contributed by atoms with E-state index in [1.165, 1.54) is 10.4 Å². The number of hydrogen-bond acceptors (Lipinski definition) is 4. The lowest BCUT2D eigenvalue weighted by atomic mass is 10.3. The van der Waals surface area contributed by atoms with Gasteiger partial charge < -0.3 is 5.32 Å². The summed E-state index contributed by atoms with van der Waals surface area (Å²) in [5.74, 6) is 0. The van der Waals surface area contributed by atoms with Crippen LogP contribution in [0.3, 0.4) is 0 Å². The Balaban J connectivity index is 1.81. The molecule has 0 bridgehead atoms. The van der Waals surface area contributed by atoms with Crippen LogP contribution in [0.4, 0.5) is 0 Å². The molecule has 14 heavy (non-hydrogen) atoms. The van der Waals surface area contributed by atoms with E-state index in [1.54, 1.807) is 11.3 Å². The van der Waals surface area contributed by atoms with Crippen LogP contribution in [0.1, 0.15) is 16.1 Å². The number of rotatable bonds is 4. The SMILES string of the molecule is Cc1ncsc1CNCc1cn[nH]c1. The van der Waals surface area contributed by atoms with Crippen molar-refractivity contribution in [3.63, 3.8) is 0 Å². The maximum Gasteiger partial charge on any atom is 0.0798 e. The summed E-state index contributed by atoms with van der Waals surface area (Å²) >= 11 is 1.69. The van der Waals surface area contributed by atoms with E-state index >= 15 is 0 Å². The number of aryl methyl sites for hydroxylation is 1. The van der Waals surface area contributed by atoms with E-state index in [4.69, 9.17) is 0 Å². The summed E-state index contributed by atoms with van der Waals surface area (Å²) in [4.78, 5) is 5.49. The monoisotopic (exact) mass is 208 g/mol. The lowest BCUT2D eigenvalue weighted by molar-refractivity contribution is 0.697. The standard InChI is InChI=1S/C9H12N4S/c1-7-9(14-6-11-7)5-10-2-8-3-12-13-4-8/h3-4,6,10H,2,5H2,1H3,(H,12,13).